The number of anilines is 2. The average Bonchev–Trinajstić information content (AvgIpc) is 3.36. The largest absolute Gasteiger partial charge is 0.508 e. The summed E-state index contributed by atoms with van der Waals surface area (Å²) < 4.78 is 0. The van der Waals surface area contributed by atoms with E-state index in [4.69, 9.17) is 0 Å². The van der Waals surface area contributed by atoms with Crippen molar-refractivity contribution in [2.75, 3.05) is 22.9 Å². The van der Waals surface area contributed by atoms with Gasteiger partial charge in [-0.3, -0.25) is 14.5 Å². The van der Waals surface area contributed by atoms with Gasteiger partial charge < -0.3 is 15.1 Å². The smallest absolute Gasteiger partial charge is 0.294 e. The molecular formula is C24H26N2O4. The molecule has 1 unspecified atom stereocenters. The van der Waals surface area contributed by atoms with Crippen molar-refractivity contribution in [3.8, 4) is 5.75 Å². The highest BCUT2D eigenvalue weighted by Gasteiger charge is 2.44. The van der Waals surface area contributed by atoms with Crippen LogP contribution in [0.25, 0.3) is 0 Å². The van der Waals surface area contributed by atoms with Crippen LogP contribution in [0.2, 0.25) is 0 Å². The lowest BCUT2D eigenvalue weighted by Crippen LogP contribution is -2.31. The molecule has 156 valence electrons. The number of hydrogen-bond acceptors (Lipinski definition) is 5. The SMILES string of the molecule is CC(C)C(=O)C1=C(O)C(=O)N(c2ccc(N3CCCC3)cc2)C1c1ccc(O)cc1. The van der Waals surface area contributed by atoms with E-state index in [1.54, 1.807) is 26.0 Å². The lowest BCUT2D eigenvalue weighted by molar-refractivity contribution is -0.119. The second kappa shape index (κ2) is 7.86. The molecule has 0 spiro atoms. The van der Waals surface area contributed by atoms with Gasteiger partial charge in [0.05, 0.1) is 11.6 Å². The van der Waals surface area contributed by atoms with Crippen LogP contribution in [0.3, 0.4) is 0 Å². The molecule has 1 saturated heterocycles. The van der Waals surface area contributed by atoms with E-state index in [2.05, 4.69) is 4.90 Å². The molecule has 0 radical (unpaired) electrons. The summed E-state index contributed by atoms with van der Waals surface area (Å²) in [7, 11) is 0. The number of Topliss-reactive ketones (excluding diaryl/α,β-unsaturated/α-hetero) is 1. The molecule has 30 heavy (non-hydrogen) atoms. The Labute approximate surface area is 176 Å². The molecule has 6 nitrogen and oxygen atoms in total. The molecule has 0 bridgehead atoms. The number of aliphatic hydroxyl groups is 1. The van der Waals surface area contributed by atoms with Crippen molar-refractivity contribution in [2.24, 2.45) is 5.92 Å². The van der Waals surface area contributed by atoms with Crippen molar-refractivity contribution in [3.63, 3.8) is 0 Å². The number of phenols is 1. The fourth-order valence-electron chi connectivity index (χ4n) is 4.21. The fourth-order valence-corrected chi connectivity index (χ4v) is 4.21. The number of rotatable bonds is 5. The molecule has 2 heterocycles. The third-order valence-corrected chi connectivity index (χ3v) is 5.81. The number of phenolic OH excluding ortho intramolecular Hbond substituents is 1. The highest BCUT2D eigenvalue weighted by molar-refractivity contribution is 6.16. The van der Waals surface area contributed by atoms with Crippen molar-refractivity contribution in [3.05, 3.63) is 65.4 Å². The van der Waals surface area contributed by atoms with Crippen molar-refractivity contribution < 1.29 is 19.8 Å². The van der Waals surface area contributed by atoms with Gasteiger partial charge in [-0.25, -0.2) is 0 Å². The minimum atomic E-state index is -0.745. The maximum Gasteiger partial charge on any atom is 0.294 e. The van der Waals surface area contributed by atoms with Crippen molar-refractivity contribution in [2.45, 2.75) is 32.7 Å². The normalized spacial score (nSPS) is 19.3. The Kier molecular flexibility index (Phi) is 5.24. The summed E-state index contributed by atoms with van der Waals surface area (Å²) in [5.41, 5.74) is 2.46. The topological polar surface area (TPSA) is 81.1 Å². The maximum absolute atomic E-state index is 13.0. The summed E-state index contributed by atoms with van der Waals surface area (Å²) in [6, 6.07) is 13.3. The molecule has 0 aromatic heterocycles. The molecular weight excluding hydrogens is 380 g/mol. The highest BCUT2D eigenvalue weighted by atomic mass is 16.3. The molecule has 6 heteroatoms. The van der Waals surface area contributed by atoms with E-state index in [-0.39, 0.29) is 23.0 Å². The quantitative estimate of drug-likeness (QED) is 0.781. The Morgan fingerprint density at radius 3 is 2.07 bits per heavy atom. The number of hydrogen-bond donors (Lipinski definition) is 2. The second-order valence-corrected chi connectivity index (χ2v) is 8.16. The van der Waals surface area contributed by atoms with Gasteiger partial charge in [-0.15, -0.1) is 0 Å². The number of aliphatic hydroxyl groups excluding tert-OH is 1. The van der Waals surface area contributed by atoms with Crippen LogP contribution in [0.5, 0.6) is 5.75 Å². The zero-order valence-corrected chi connectivity index (χ0v) is 17.2. The Morgan fingerprint density at radius 1 is 0.933 bits per heavy atom. The standard InChI is InChI=1S/C24H26N2O4/c1-15(2)22(28)20-21(16-5-11-19(27)12-6-16)26(24(30)23(20)29)18-9-7-17(8-10-18)25-13-3-4-14-25/h5-12,15,21,27,29H,3-4,13-14H2,1-2H3. The Bertz CT molecular complexity index is 987. The summed E-state index contributed by atoms with van der Waals surface area (Å²) >= 11 is 0. The summed E-state index contributed by atoms with van der Waals surface area (Å²) in [6.07, 6.45) is 2.35. The number of nitrogens with zero attached hydrogens (tertiary/aromatic N) is 2. The second-order valence-electron chi connectivity index (χ2n) is 8.16. The Morgan fingerprint density at radius 2 is 1.50 bits per heavy atom. The van der Waals surface area contributed by atoms with Crippen molar-refractivity contribution in [1.29, 1.82) is 0 Å². The molecule has 2 aliphatic rings. The Hall–Kier alpha value is -3.28. The van der Waals surface area contributed by atoms with Crippen molar-refractivity contribution in [1.82, 2.24) is 0 Å². The summed E-state index contributed by atoms with van der Waals surface area (Å²) in [6.45, 7) is 5.53. The van der Waals surface area contributed by atoms with E-state index in [9.17, 15) is 19.8 Å². The fraction of sp³-hybridized carbons (Fsp3) is 0.333. The number of benzene rings is 2. The van der Waals surface area contributed by atoms with Crippen LogP contribution in [0.1, 0.15) is 38.3 Å². The van der Waals surface area contributed by atoms with Gasteiger partial charge in [-0.05, 0) is 54.8 Å². The summed E-state index contributed by atoms with van der Waals surface area (Å²) in [5, 5.41) is 20.3. The molecule has 1 atom stereocenters. The van der Waals surface area contributed by atoms with Gasteiger partial charge in [0.1, 0.15) is 5.75 Å². The zero-order valence-electron chi connectivity index (χ0n) is 17.2. The first kappa shape index (κ1) is 20.0. The first-order chi connectivity index (χ1) is 14.4. The predicted molar refractivity (Wildman–Crippen MR) is 116 cm³/mol. The molecule has 1 amide bonds. The highest BCUT2D eigenvalue weighted by Crippen LogP contribution is 2.42. The molecule has 0 saturated carbocycles. The van der Waals surface area contributed by atoms with E-state index in [1.807, 2.05) is 24.3 Å². The maximum atomic E-state index is 13.0. The van der Waals surface area contributed by atoms with Gasteiger partial charge in [-0.2, -0.15) is 0 Å². The van der Waals surface area contributed by atoms with Gasteiger partial charge in [0.15, 0.2) is 11.5 Å². The van der Waals surface area contributed by atoms with E-state index in [0.29, 0.717) is 11.3 Å². The minimum Gasteiger partial charge on any atom is -0.508 e. The number of carbonyl (C=O) groups excluding carboxylic acids is 2. The number of ketones is 1. The molecule has 2 aromatic carbocycles. The summed E-state index contributed by atoms with van der Waals surface area (Å²) in [4.78, 5) is 29.7. The predicted octanol–water partition coefficient (Wildman–Crippen LogP) is 4.12. The average molecular weight is 406 g/mol. The van der Waals surface area contributed by atoms with Crippen molar-refractivity contribution >= 4 is 23.1 Å². The molecule has 2 N–H and O–H groups in total. The lowest BCUT2D eigenvalue weighted by Gasteiger charge is -2.28. The summed E-state index contributed by atoms with van der Waals surface area (Å²) in [5.74, 6) is -1.64. The van der Waals surface area contributed by atoms with Gasteiger partial charge in [-0.1, -0.05) is 26.0 Å². The van der Waals surface area contributed by atoms with Gasteiger partial charge in [0.25, 0.3) is 5.91 Å². The Balaban J connectivity index is 1.76. The third-order valence-electron chi connectivity index (χ3n) is 5.81. The molecule has 4 rings (SSSR count). The van der Waals surface area contributed by atoms with Crippen LogP contribution in [-0.2, 0) is 9.59 Å². The van der Waals surface area contributed by atoms with E-state index in [1.165, 1.54) is 29.9 Å². The molecule has 2 aromatic rings. The first-order valence-electron chi connectivity index (χ1n) is 10.3. The van der Waals surface area contributed by atoms with E-state index >= 15 is 0 Å². The van der Waals surface area contributed by atoms with Crippen LogP contribution in [-0.4, -0.2) is 35.0 Å². The van der Waals surface area contributed by atoms with E-state index in [0.717, 1.165) is 18.8 Å². The van der Waals surface area contributed by atoms with E-state index < -0.39 is 17.7 Å². The monoisotopic (exact) mass is 406 g/mol. The zero-order chi connectivity index (χ0) is 21.4. The lowest BCUT2D eigenvalue weighted by atomic mass is 9.91. The van der Waals surface area contributed by atoms with Gasteiger partial charge in [0.2, 0.25) is 0 Å². The molecule has 1 fully saturated rings. The van der Waals surface area contributed by atoms with Crippen LogP contribution in [0.4, 0.5) is 11.4 Å². The van der Waals surface area contributed by atoms with Crippen LogP contribution in [0, 0.1) is 5.92 Å². The molecule has 2 aliphatic heterocycles. The number of carbonyl (C=O) groups is 2. The number of amides is 1. The van der Waals surface area contributed by atoms with Gasteiger partial charge >= 0.3 is 0 Å². The minimum absolute atomic E-state index is 0.0922. The van der Waals surface area contributed by atoms with Crippen LogP contribution in [0.15, 0.2) is 59.9 Å². The number of aromatic hydroxyl groups is 1. The van der Waals surface area contributed by atoms with Crippen LogP contribution < -0.4 is 9.80 Å². The molecule has 0 aliphatic carbocycles. The third kappa shape index (κ3) is 3.43. The first-order valence-corrected chi connectivity index (χ1v) is 10.3. The van der Waals surface area contributed by atoms with Crippen LogP contribution >= 0.6 is 0 Å². The van der Waals surface area contributed by atoms with Gasteiger partial charge in [0, 0.05) is 30.4 Å².